The maximum absolute atomic E-state index is 12.5. The number of rotatable bonds is 49. The van der Waals surface area contributed by atoms with Crippen LogP contribution in [-0.2, 0) is 4.79 Å². The van der Waals surface area contributed by atoms with Crippen LogP contribution in [0.1, 0.15) is 271 Å². The van der Waals surface area contributed by atoms with Crippen LogP contribution in [0.15, 0.2) is 60.8 Å². The summed E-state index contributed by atoms with van der Waals surface area (Å²) in [5, 5.41) is 33.3. The zero-order valence-electron chi connectivity index (χ0n) is 41.2. The second-order valence-corrected chi connectivity index (χ2v) is 18.4. The lowest BCUT2D eigenvalue weighted by Gasteiger charge is -2.21. The molecule has 1 amide bonds. The Kier molecular flexibility index (Phi) is 50.1. The molecule has 0 fully saturated rings. The standard InChI is InChI=1S/C57H105NO4/c1-3-5-7-9-11-13-15-17-19-21-23-25-27-28-29-30-32-34-36-38-40-42-44-46-48-50-52-56(61)57(62)58-54(53-59)55(60)51-49-47-45-43-41-39-37-35-33-31-26-24-22-20-18-16-14-12-10-8-6-4-2/h23,25,28-29,33,35,41,43,49,51,54-56,59-61H,3-22,24,26-27,30-32,34,36-40,42,44-48,50,52-53H2,1-2H3,(H,58,62)/b25-23-,29-28-,35-33+,43-41+,51-49+. The average molecular weight is 868 g/mol. The highest BCUT2D eigenvalue weighted by atomic mass is 16.3. The second-order valence-electron chi connectivity index (χ2n) is 18.4. The molecule has 0 rings (SSSR count). The summed E-state index contributed by atoms with van der Waals surface area (Å²) >= 11 is 0. The monoisotopic (exact) mass is 868 g/mol. The summed E-state index contributed by atoms with van der Waals surface area (Å²) < 4.78 is 0. The first kappa shape index (κ1) is 60.1. The van der Waals surface area contributed by atoms with Gasteiger partial charge in [0.1, 0.15) is 6.10 Å². The Morgan fingerprint density at radius 3 is 1.08 bits per heavy atom. The predicted octanol–water partition coefficient (Wildman–Crippen LogP) is 16.6. The van der Waals surface area contributed by atoms with Crippen molar-refractivity contribution in [1.29, 1.82) is 0 Å². The van der Waals surface area contributed by atoms with Crippen molar-refractivity contribution in [1.82, 2.24) is 5.32 Å². The van der Waals surface area contributed by atoms with Crippen LogP contribution in [-0.4, -0.2) is 46.1 Å². The fraction of sp³-hybridized carbons (Fsp3) is 0.807. The first-order valence-corrected chi connectivity index (χ1v) is 27.1. The lowest BCUT2D eigenvalue weighted by molar-refractivity contribution is -0.131. The lowest BCUT2D eigenvalue weighted by atomic mass is 10.0. The van der Waals surface area contributed by atoms with Crippen LogP contribution in [0.2, 0.25) is 0 Å². The summed E-state index contributed by atoms with van der Waals surface area (Å²) in [6, 6.07) is -0.826. The molecule has 3 unspecified atom stereocenters. The molecule has 0 aliphatic heterocycles. The summed E-state index contributed by atoms with van der Waals surface area (Å²) in [6.45, 7) is 4.18. The minimum Gasteiger partial charge on any atom is -0.394 e. The first-order chi connectivity index (χ1) is 30.6. The minimum atomic E-state index is -1.12. The van der Waals surface area contributed by atoms with Gasteiger partial charge in [-0.15, -0.1) is 0 Å². The van der Waals surface area contributed by atoms with Crippen LogP contribution in [0.5, 0.6) is 0 Å². The van der Waals surface area contributed by atoms with E-state index in [1.807, 2.05) is 6.08 Å². The normalized spacial score (nSPS) is 13.8. The molecule has 0 aliphatic rings. The van der Waals surface area contributed by atoms with Gasteiger partial charge in [0.25, 0.3) is 0 Å². The molecule has 62 heavy (non-hydrogen) atoms. The van der Waals surface area contributed by atoms with Crippen LogP contribution in [0.4, 0.5) is 0 Å². The van der Waals surface area contributed by atoms with E-state index in [-0.39, 0.29) is 6.61 Å². The zero-order chi connectivity index (χ0) is 45.1. The Morgan fingerprint density at radius 2 is 0.710 bits per heavy atom. The fourth-order valence-electron chi connectivity index (χ4n) is 8.07. The molecule has 0 bridgehead atoms. The number of carbonyl (C=O) groups excluding carboxylic acids is 1. The van der Waals surface area contributed by atoms with E-state index in [4.69, 9.17) is 0 Å². The van der Waals surface area contributed by atoms with Gasteiger partial charge in [-0.3, -0.25) is 4.79 Å². The number of unbranched alkanes of at least 4 members (excludes halogenated alkanes) is 33. The van der Waals surface area contributed by atoms with Gasteiger partial charge in [0.15, 0.2) is 0 Å². The van der Waals surface area contributed by atoms with Crippen molar-refractivity contribution in [3.8, 4) is 0 Å². The van der Waals surface area contributed by atoms with Crippen molar-refractivity contribution in [2.45, 2.75) is 289 Å². The zero-order valence-corrected chi connectivity index (χ0v) is 41.2. The van der Waals surface area contributed by atoms with Gasteiger partial charge >= 0.3 is 0 Å². The number of aliphatic hydroxyl groups is 3. The van der Waals surface area contributed by atoms with Gasteiger partial charge in [-0.05, 0) is 77.0 Å². The lowest BCUT2D eigenvalue weighted by Crippen LogP contribution is -2.48. The molecule has 3 atom stereocenters. The van der Waals surface area contributed by atoms with Gasteiger partial charge in [0, 0.05) is 0 Å². The van der Waals surface area contributed by atoms with Gasteiger partial charge in [-0.2, -0.15) is 0 Å². The molecule has 0 radical (unpaired) electrons. The number of allylic oxidation sites excluding steroid dienone is 9. The topological polar surface area (TPSA) is 89.8 Å². The maximum Gasteiger partial charge on any atom is 0.249 e. The van der Waals surface area contributed by atoms with E-state index in [1.54, 1.807) is 6.08 Å². The number of aliphatic hydroxyl groups excluding tert-OH is 3. The minimum absolute atomic E-state index is 0.384. The van der Waals surface area contributed by atoms with Crippen LogP contribution in [0, 0.1) is 0 Å². The van der Waals surface area contributed by atoms with E-state index in [0.29, 0.717) is 6.42 Å². The highest BCUT2D eigenvalue weighted by molar-refractivity contribution is 5.80. The third kappa shape index (κ3) is 46.1. The fourth-order valence-corrected chi connectivity index (χ4v) is 8.07. The molecular weight excluding hydrogens is 763 g/mol. The Balaban J connectivity index is 3.68. The van der Waals surface area contributed by atoms with Crippen molar-refractivity contribution in [2.75, 3.05) is 6.61 Å². The molecular formula is C57H105NO4. The summed E-state index contributed by atoms with van der Waals surface area (Å²) in [5.74, 6) is -0.519. The Bertz CT molecular complexity index is 1050. The van der Waals surface area contributed by atoms with Crippen molar-refractivity contribution in [2.24, 2.45) is 0 Å². The maximum atomic E-state index is 12.5. The molecule has 0 aromatic heterocycles. The van der Waals surface area contributed by atoms with Crippen molar-refractivity contribution >= 4 is 5.91 Å². The molecule has 0 aliphatic carbocycles. The number of hydrogen-bond donors (Lipinski definition) is 4. The predicted molar refractivity (Wildman–Crippen MR) is 273 cm³/mol. The van der Waals surface area contributed by atoms with Crippen LogP contribution < -0.4 is 5.32 Å². The third-order valence-corrected chi connectivity index (χ3v) is 12.3. The van der Waals surface area contributed by atoms with Crippen molar-refractivity contribution in [3.05, 3.63) is 60.8 Å². The molecule has 0 spiro atoms. The van der Waals surface area contributed by atoms with E-state index < -0.39 is 24.2 Å². The molecule has 5 nitrogen and oxygen atoms in total. The van der Waals surface area contributed by atoms with E-state index in [0.717, 1.165) is 51.4 Å². The van der Waals surface area contributed by atoms with Crippen molar-refractivity contribution in [3.63, 3.8) is 0 Å². The number of amides is 1. The summed E-state index contributed by atoms with van der Waals surface area (Å²) in [7, 11) is 0. The average Bonchev–Trinajstić information content (AvgIpc) is 3.28. The Morgan fingerprint density at radius 1 is 0.403 bits per heavy atom. The van der Waals surface area contributed by atoms with Crippen LogP contribution >= 0.6 is 0 Å². The summed E-state index contributed by atoms with van der Waals surface area (Å²) in [5.41, 5.74) is 0. The SMILES string of the molecule is CCCCCCCCCCC/C=C\C/C=C\CCCCCCCCCCCCC(O)C(=O)NC(CO)C(O)/C=C/CC/C=C/CC/C=C/CCCCCCCCCCCCCC. The Hall–Kier alpha value is -1.95. The second kappa shape index (κ2) is 51.7. The first-order valence-electron chi connectivity index (χ1n) is 27.1. The number of nitrogens with one attached hydrogen (secondary N) is 1. The number of carbonyl (C=O) groups is 1. The smallest absolute Gasteiger partial charge is 0.249 e. The van der Waals surface area contributed by atoms with Crippen LogP contribution in [0.25, 0.3) is 0 Å². The van der Waals surface area contributed by atoms with Gasteiger partial charge in [-0.25, -0.2) is 0 Å². The highest BCUT2D eigenvalue weighted by Crippen LogP contribution is 2.15. The molecule has 5 heteroatoms. The van der Waals surface area contributed by atoms with E-state index >= 15 is 0 Å². The van der Waals surface area contributed by atoms with Gasteiger partial charge in [0.05, 0.1) is 18.8 Å². The Labute approximate surface area is 386 Å². The molecule has 0 aromatic carbocycles. The summed E-state index contributed by atoms with van der Waals surface area (Å²) in [6.07, 6.45) is 70.0. The molecule has 0 saturated heterocycles. The van der Waals surface area contributed by atoms with Crippen LogP contribution in [0.3, 0.4) is 0 Å². The largest absolute Gasteiger partial charge is 0.394 e. The molecule has 362 valence electrons. The van der Waals surface area contributed by atoms with E-state index in [2.05, 4.69) is 67.8 Å². The number of hydrogen-bond acceptors (Lipinski definition) is 4. The summed E-state index contributed by atoms with van der Waals surface area (Å²) in [4.78, 5) is 12.5. The van der Waals surface area contributed by atoms with Gasteiger partial charge in [-0.1, -0.05) is 254 Å². The van der Waals surface area contributed by atoms with Gasteiger partial charge in [0.2, 0.25) is 5.91 Å². The van der Waals surface area contributed by atoms with E-state index in [9.17, 15) is 20.1 Å². The van der Waals surface area contributed by atoms with Gasteiger partial charge < -0.3 is 20.6 Å². The van der Waals surface area contributed by atoms with Crippen molar-refractivity contribution < 1.29 is 20.1 Å². The third-order valence-electron chi connectivity index (χ3n) is 12.3. The highest BCUT2D eigenvalue weighted by Gasteiger charge is 2.22. The molecule has 0 saturated carbocycles. The molecule has 0 aromatic rings. The molecule has 0 heterocycles. The van der Waals surface area contributed by atoms with E-state index in [1.165, 1.54) is 199 Å². The molecule has 4 N–H and O–H groups in total. The quantitative estimate of drug-likeness (QED) is 0.0362.